The number of carbonyl (C=O) groups is 1. The highest BCUT2D eigenvalue weighted by Crippen LogP contribution is 2.27. The molecule has 0 aliphatic carbocycles. The number of fused-ring (bicyclic) bond motifs is 1. The van der Waals surface area contributed by atoms with E-state index in [0.29, 0.717) is 10.6 Å². The number of imidazole rings is 1. The minimum absolute atomic E-state index is 0.173. The number of anilines is 1. The van der Waals surface area contributed by atoms with Gasteiger partial charge in [0.1, 0.15) is 16.2 Å². The molecule has 1 N–H and O–H groups in total. The van der Waals surface area contributed by atoms with Crippen LogP contribution in [0.3, 0.4) is 0 Å². The predicted molar refractivity (Wildman–Crippen MR) is 119 cm³/mol. The third-order valence-electron chi connectivity index (χ3n) is 4.74. The summed E-state index contributed by atoms with van der Waals surface area (Å²) < 4.78 is 2.02. The van der Waals surface area contributed by atoms with Crippen LogP contribution in [0.25, 0.3) is 27.4 Å². The third-order valence-corrected chi connectivity index (χ3v) is 5.92. The van der Waals surface area contributed by atoms with Crippen LogP contribution in [0.2, 0.25) is 0 Å². The van der Waals surface area contributed by atoms with Gasteiger partial charge >= 0.3 is 0 Å². The van der Waals surface area contributed by atoms with Crippen LogP contribution >= 0.6 is 11.3 Å². The first-order valence-corrected chi connectivity index (χ1v) is 10.2. The fraction of sp³-hybridized carbons (Fsp3) is 0.0435. The van der Waals surface area contributed by atoms with Gasteiger partial charge in [-0.15, -0.1) is 11.3 Å². The Morgan fingerprint density at radius 3 is 2.57 bits per heavy atom. The minimum Gasteiger partial charge on any atom is -0.321 e. The zero-order chi connectivity index (χ0) is 20.5. The van der Waals surface area contributed by atoms with Crippen LogP contribution in [0.5, 0.6) is 0 Å². The van der Waals surface area contributed by atoms with E-state index in [1.807, 2.05) is 78.2 Å². The van der Waals surface area contributed by atoms with Gasteiger partial charge in [-0.1, -0.05) is 18.2 Å². The van der Waals surface area contributed by atoms with Crippen molar-refractivity contribution in [2.75, 3.05) is 5.32 Å². The number of rotatable bonds is 4. The number of benzene rings is 2. The lowest BCUT2D eigenvalue weighted by molar-refractivity contribution is 0.103. The molecule has 30 heavy (non-hydrogen) atoms. The molecule has 0 unspecified atom stereocenters. The Labute approximate surface area is 176 Å². The number of pyridine rings is 1. The molecule has 1 amide bonds. The second-order valence-electron chi connectivity index (χ2n) is 6.75. The predicted octanol–water partition coefficient (Wildman–Crippen LogP) is 5.10. The molecule has 0 aliphatic rings. The first kappa shape index (κ1) is 18.2. The number of hydrogen-bond donors (Lipinski definition) is 1. The zero-order valence-electron chi connectivity index (χ0n) is 16.1. The molecule has 5 rings (SSSR count). The number of nitrogens with one attached hydrogen (secondary N) is 1. The van der Waals surface area contributed by atoms with E-state index >= 15 is 0 Å². The van der Waals surface area contributed by atoms with Crippen molar-refractivity contribution in [3.63, 3.8) is 0 Å². The standard InChI is InChI=1S/C23H17N5OS/c1-15-21(30-23(26-15)19-7-4-5-13-24-19)22(29)27-16-9-11-17(12-10-16)28-14-25-18-6-2-3-8-20(18)28/h2-14H,1H3,(H,27,29). The molecule has 0 saturated carbocycles. The number of hydrogen-bond acceptors (Lipinski definition) is 5. The molecule has 146 valence electrons. The number of carbonyl (C=O) groups excluding carboxylic acids is 1. The van der Waals surface area contributed by atoms with E-state index < -0.39 is 0 Å². The first-order valence-electron chi connectivity index (χ1n) is 9.42. The molecule has 0 aliphatic heterocycles. The maximum Gasteiger partial charge on any atom is 0.267 e. The van der Waals surface area contributed by atoms with Crippen molar-refractivity contribution in [2.45, 2.75) is 6.92 Å². The second kappa shape index (κ2) is 7.53. The van der Waals surface area contributed by atoms with E-state index in [9.17, 15) is 4.79 Å². The lowest BCUT2D eigenvalue weighted by Gasteiger charge is -2.07. The SMILES string of the molecule is Cc1nc(-c2ccccn2)sc1C(=O)Nc1ccc(-n2cnc3ccccc32)cc1. The van der Waals surface area contributed by atoms with Crippen molar-refractivity contribution in [1.29, 1.82) is 0 Å². The Balaban J connectivity index is 1.36. The molecular weight excluding hydrogens is 394 g/mol. The number of aryl methyl sites for hydroxylation is 1. The van der Waals surface area contributed by atoms with Gasteiger partial charge in [0.15, 0.2) is 0 Å². The highest BCUT2D eigenvalue weighted by molar-refractivity contribution is 7.17. The summed E-state index contributed by atoms with van der Waals surface area (Å²) in [6.45, 7) is 1.84. The number of aromatic nitrogens is 4. The Morgan fingerprint density at radius 2 is 1.77 bits per heavy atom. The quantitative estimate of drug-likeness (QED) is 0.446. The molecule has 6 nitrogen and oxygen atoms in total. The van der Waals surface area contributed by atoms with Gasteiger partial charge in [-0.05, 0) is 55.5 Å². The molecule has 0 radical (unpaired) electrons. The average molecular weight is 411 g/mol. The topological polar surface area (TPSA) is 72.7 Å². The highest BCUT2D eigenvalue weighted by Gasteiger charge is 2.17. The number of thiazole rings is 1. The maximum absolute atomic E-state index is 12.8. The van der Waals surface area contributed by atoms with E-state index in [1.165, 1.54) is 11.3 Å². The Morgan fingerprint density at radius 1 is 0.967 bits per heavy atom. The fourth-order valence-corrected chi connectivity index (χ4v) is 4.20. The summed E-state index contributed by atoms with van der Waals surface area (Å²) >= 11 is 1.34. The van der Waals surface area contributed by atoms with Gasteiger partial charge in [0.2, 0.25) is 0 Å². The highest BCUT2D eigenvalue weighted by atomic mass is 32.1. The lowest BCUT2D eigenvalue weighted by atomic mass is 10.2. The average Bonchev–Trinajstić information content (AvgIpc) is 3.39. The van der Waals surface area contributed by atoms with Gasteiger partial charge in [-0.2, -0.15) is 0 Å². The van der Waals surface area contributed by atoms with Crippen LogP contribution < -0.4 is 5.32 Å². The summed E-state index contributed by atoms with van der Waals surface area (Å²) in [5.74, 6) is -0.173. The van der Waals surface area contributed by atoms with E-state index in [0.717, 1.165) is 33.1 Å². The van der Waals surface area contributed by atoms with Crippen molar-refractivity contribution < 1.29 is 4.79 Å². The lowest BCUT2D eigenvalue weighted by Crippen LogP contribution is -2.11. The number of nitrogens with zero attached hydrogens (tertiary/aromatic N) is 4. The smallest absolute Gasteiger partial charge is 0.267 e. The monoisotopic (exact) mass is 411 g/mol. The van der Waals surface area contributed by atoms with Crippen LogP contribution in [0, 0.1) is 6.92 Å². The largest absolute Gasteiger partial charge is 0.321 e. The van der Waals surface area contributed by atoms with Gasteiger partial charge in [-0.25, -0.2) is 9.97 Å². The molecule has 0 fully saturated rings. The molecule has 3 heterocycles. The van der Waals surface area contributed by atoms with Crippen LogP contribution in [0.1, 0.15) is 15.4 Å². The van der Waals surface area contributed by atoms with Crippen molar-refractivity contribution in [3.05, 3.63) is 89.8 Å². The molecule has 0 spiro atoms. The molecule has 5 aromatic rings. The first-order chi connectivity index (χ1) is 14.7. The Hall–Kier alpha value is -3.84. The minimum atomic E-state index is -0.173. The van der Waals surface area contributed by atoms with E-state index in [1.54, 1.807) is 12.5 Å². The molecule has 3 aromatic heterocycles. The third kappa shape index (κ3) is 3.35. The summed E-state index contributed by atoms with van der Waals surface area (Å²) in [5, 5.41) is 3.70. The van der Waals surface area contributed by atoms with Crippen molar-refractivity contribution >= 4 is 34.0 Å². The zero-order valence-corrected chi connectivity index (χ0v) is 16.9. The van der Waals surface area contributed by atoms with Crippen LogP contribution in [0.15, 0.2) is 79.3 Å². The van der Waals surface area contributed by atoms with Gasteiger partial charge in [-0.3, -0.25) is 14.3 Å². The van der Waals surface area contributed by atoms with Gasteiger partial charge in [0.25, 0.3) is 5.91 Å². The number of para-hydroxylation sites is 2. The Kier molecular flexibility index (Phi) is 4.57. The molecule has 2 aromatic carbocycles. The van der Waals surface area contributed by atoms with Gasteiger partial charge in [0.05, 0.1) is 22.4 Å². The number of amides is 1. The summed E-state index contributed by atoms with van der Waals surface area (Å²) in [6, 6.07) is 21.3. The molecule has 7 heteroatoms. The normalized spacial score (nSPS) is 11.0. The summed E-state index contributed by atoms with van der Waals surface area (Å²) in [4.78, 5) is 26.6. The van der Waals surface area contributed by atoms with Crippen molar-refractivity contribution in [3.8, 4) is 16.4 Å². The fourth-order valence-electron chi connectivity index (χ4n) is 3.26. The van der Waals surface area contributed by atoms with E-state index in [-0.39, 0.29) is 5.91 Å². The maximum atomic E-state index is 12.8. The van der Waals surface area contributed by atoms with Crippen LogP contribution in [-0.4, -0.2) is 25.4 Å². The second-order valence-corrected chi connectivity index (χ2v) is 7.75. The van der Waals surface area contributed by atoms with Gasteiger partial charge < -0.3 is 5.32 Å². The molecule has 0 atom stereocenters. The summed E-state index contributed by atoms with van der Waals surface area (Å²) in [5.41, 5.74) is 5.14. The van der Waals surface area contributed by atoms with Crippen LogP contribution in [-0.2, 0) is 0 Å². The molecule has 0 bridgehead atoms. The van der Waals surface area contributed by atoms with E-state index in [2.05, 4.69) is 20.3 Å². The van der Waals surface area contributed by atoms with Crippen LogP contribution in [0.4, 0.5) is 5.69 Å². The van der Waals surface area contributed by atoms with Crippen molar-refractivity contribution in [1.82, 2.24) is 19.5 Å². The van der Waals surface area contributed by atoms with E-state index in [4.69, 9.17) is 0 Å². The van der Waals surface area contributed by atoms with Gasteiger partial charge in [0, 0.05) is 17.6 Å². The molecule has 0 saturated heterocycles. The molecular formula is C23H17N5OS. The Bertz CT molecular complexity index is 1340. The summed E-state index contributed by atoms with van der Waals surface area (Å²) in [6.07, 6.45) is 3.52. The summed E-state index contributed by atoms with van der Waals surface area (Å²) in [7, 11) is 0. The van der Waals surface area contributed by atoms with Crippen molar-refractivity contribution in [2.24, 2.45) is 0 Å².